The zero-order valence-electron chi connectivity index (χ0n) is 13.8. The monoisotopic (exact) mass is 354 g/mol. The van der Waals surface area contributed by atoms with Crippen molar-refractivity contribution in [3.05, 3.63) is 32.2 Å². The molecule has 8 heteroatoms. The number of rotatable bonds is 7. The van der Waals surface area contributed by atoms with Crippen LogP contribution < -0.4 is 5.32 Å². The van der Waals surface area contributed by atoms with Crippen molar-refractivity contribution in [2.75, 3.05) is 20.3 Å². The van der Waals surface area contributed by atoms with Crippen LogP contribution in [0.15, 0.2) is 11.6 Å². The molecule has 2 aromatic rings. The number of hydrogen-bond acceptors (Lipinski definition) is 6. The van der Waals surface area contributed by atoms with Gasteiger partial charge in [0.1, 0.15) is 5.01 Å². The maximum absolute atomic E-state index is 12.6. The Kier molecular flexibility index (Phi) is 6.49. The van der Waals surface area contributed by atoms with Crippen LogP contribution >= 0.6 is 22.7 Å². The van der Waals surface area contributed by atoms with Crippen molar-refractivity contribution in [1.82, 2.24) is 20.2 Å². The van der Waals surface area contributed by atoms with Gasteiger partial charge in [0.2, 0.25) is 0 Å². The van der Waals surface area contributed by atoms with E-state index >= 15 is 0 Å². The largest absolute Gasteiger partial charge is 0.383 e. The first-order chi connectivity index (χ1) is 11.0. The fourth-order valence-corrected chi connectivity index (χ4v) is 3.78. The average molecular weight is 355 g/mol. The molecule has 0 saturated carbocycles. The first-order valence-electron chi connectivity index (χ1n) is 7.38. The van der Waals surface area contributed by atoms with Crippen molar-refractivity contribution in [3.8, 4) is 0 Å². The van der Waals surface area contributed by atoms with Crippen LogP contribution in [0.25, 0.3) is 0 Å². The molecule has 0 bridgehead atoms. The van der Waals surface area contributed by atoms with Gasteiger partial charge in [-0.25, -0.2) is 14.8 Å². The molecule has 2 heterocycles. The first-order valence-corrected chi connectivity index (χ1v) is 9.07. The molecule has 2 aromatic heterocycles. The third-order valence-corrected chi connectivity index (χ3v) is 5.02. The Morgan fingerprint density at radius 2 is 2.26 bits per heavy atom. The van der Waals surface area contributed by atoms with Crippen LogP contribution in [-0.4, -0.2) is 41.2 Å². The predicted octanol–water partition coefficient (Wildman–Crippen LogP) is 3.14. The zero-order chi connectivity index (χ0) is 16.8. The third-order valence-electron chi connectivity index (χ3n) is 3.35. The number of amides is 2. The Morgan fingerprint density at radius 3 is 2.83 bits per heavy atom. The maximum Gasteiger partial charge on any atom is 0.318 e. The van der Waals surface area contributed by atoms with Gasteiger partial charge in [-0.3, -0.25) is 0 Å². The van der Waals surface area contributed by atoms with Gasteiger partial charge in [0.05, 0.1) is 29.9 Å². The molecule has 6 nitrogen and oxygen atoms in total. The summed E-state index contributed by atoms with van der Waals surface area (Å²) in [6, 6.07) is -0.261. The molecule has 0 radical (unpaired) electrons. The molecule has 126 valence electrons. The summed E-state index contributed by atoms with van der Waals surface area (Å²) in [5, 5.41) is 6.85. The zero-order valence-corrected chi connectivity index (χ0v) is 15.5. The van der Waals surface area contributed by atoms with E-state index in [0.717, 1.165) is 20.6 Å². The van der Waals surface area contributed by atoms with Gasteiger partial charge in [-0.1, -0.05) is 0 Å². The molecular formula is C15H22N4O2S2. The standard InChI is InChI=1S/C15H22N4O2S2/c1-10(14-11(2)23-12(3)18-14)17-15(20)19(6-7-21-4)9-13-16-5-8-22-13/h5,8,10H,6-7,9H2,1-4H3,(H,17,20)/t10-/m0/s1. The second-order valence-electron chi connectivity index (χ2n) is 5.19. The summed E-state index contributed by atoms with van der Waals surface area (Å²) in [5.41, 5.74) is 0.932. The topological polar surface area (TPSA) is 67.3 Å². The second kappa shape index (κ2) is 8.37. The molecule has 1 N–H and O–H groups in total. The van der Waals surface area contributed by atoms with Crippen molar-refractivity contribution in [1.29, 1.82) is 0 Å². The number of urea groups is 1. The number of hydrogen-bond donors (Lipinski definition) is 1. The number of ether oxygens (including phenoxy) is 1. The van der Waals surface area contributed by atoms with E-state index in [1.807, 2.05) is 26.2 Å². The van der Waals surface area contributed by atoms with E-state index in [0.29, 0.717) is 19.7 Å². The van der Waals surface area contributed by atoms with Crippen molar-refractivity contribution < 1.29 is 9.53 Å². The molecule has 0 aliphatic heterocycles. The summed E-state index contributed by atoms with van der Waals surface area (Å²) in [6.07, 6.45) is 1.75. The Morgan fingerprint density at radius 1 is 1.48 bits per heavy atom. The lowest BCUT2D eigenvalue weighted by Gasteiger charge is -2.24. The molecule has 0 aromatic carbocycles. The van der Waals surface area contributed by atoms with E-state index in [4.69, 9.17) is 4.74 Å². The van der Waals surface area contributed by atoms with Crippen molar-refractivity contribution in [2.24, 2.45) is 0 Å². The van der Waals surface area contributed by atoms with Gasteiger partial charge < -0.3 is 15.0 Å². The highest BCUT2D eigenvalue weighted by atomic mass is 32.1. The summed E-state index contributed by atoms with van der Waals surface area (Å²) in [6.45, 7) is 7.45. The lowest BCUT2D eigenvalue weighted by Crippen LogP contribution is -2.42. The number of aryl methyl sites for hydroxylation is 2. The molecule has 0 spiro atoms. The highest BCUT2D eigenvalue weighted by molar-refractivity contribution is 7.11. The lowest BCUT2D eigenvalue weighted by atomic mass is 10.2. The Hall–Kier alpha value is -1.51. The SMILES string of the molecule is COCCN(Cc1nccs1)C(=O)N[C@@H](C)c1nc(C)sc1C. The molecule has 0 saturated heterocycles. The molecule has 2 rings (SSSR count). The van der Waals surface area contributed by atoms with E-state index in [-0.39, 0.29) is 12.1 Å². The van der Waals surface area contributed by atoms with E-state index in [1.165, 1.54) is 11.3 Å². The molecule has 1 atom stereocenters. The number of nitrogens with one attached hydrogen (secondary N) is 1. The van der Waals surface area contributed by atoms with E-state index in [1.54, 1.807) is 29.5 Å². The molecule has 0 fully saturated rings. The van der Waals surface area contributed by atoms with Gasteiger partial charge in [0.15, 0.2) is 0 Å². The number of carbonyl (C=O) groups is 1. The van der Waals surface area contributed by atoms with Gasteiger partial charge in [-0.15, -0.1) is 22.7 Å². The van der Waals surface area contributed by atoms with Gasteiger partial charge in [0.25, 0.3) is 0 Å². The molecule has 2 amide bonds. The van der Waals surface area contributed by atoms with Crippen LogP contribution in [0.1, 0.15) is 33.6 Å². The summed E-state index contributed by atoms with van der Waals surface area (Å²) in [4.78, 5) is 24.2. The average Bonchev–Trinajstić information content (AvgIpc) is 3.12. The minimum Gasteiger partial charge on any atom is -0.383 e. The molecule has 0 aliphatic rings. The quantitative estimate of drug-likeness (QED) is 0.829. The van der Waals surface area contributed by atoms with Crippen LogP contribution in [0.3, 0.4) is 0 Å². The van der Waals surface area contributed by atoms with Crippen LogP contribution in [-0.2, 0) is 11.3 Å². The third kappa shape index (κ3) is 4.98. The summed E-state index contributed by atoms with van der Waals surface area (Å²) < 4.78 is 5.10. The smallest absolute Gasteiger partial charge is 0.318 e. The van der Waals surface area contributed by atoms with Crippen molar-refractivity contribution in [3.63, 3.8) is 0 Å². The predicted molar refractivity (Wildman–Crippen MR) is 92.9 cm³/mol. The second-order valence-corrected chi connectivity index (χ2v) is 7.57. The highest BCUT2D eigenvalue weighted by Crippen LogP contribution is 2.22. The van der Waals surface area contributed by atoms with Gasteiger partial charge >= 0.3 is 6.03 Å². The molecular weight excluding hydrogens is 332 g/mol. The molecule has 23 heavy (non-hydrogen) atoms. The minimum absolute atomic E-state index is 0.130. The summed E-state index contributed by atoms with van der Waals surface area (Å²) in [5.74, 6) is 0. The fraction of sp³-hybridized carbons (Fsp3) is 0.533. The number of carbonyl (C=O) groups excluding carboxylic acids is 1. The van der Waals surface area contributed by atoms with E-state index < -0.39 is 0 Å². The summed E-state index contributed by atoms with van der Waals surface area (Å²) >= 11 is 3.19. The number of methoxy groups -OCH3 is 1. The normalized spacial score (nSPS) is 12.2. The fourth-order valence-electron chi connectivity index (χ4n) is 2.24. The van der Waals surface area contributed by atoms with Gasteiger partial charge in [0, 0.05) is 30.1 Å². The van der Waals surface area contributed by atoms with Gasteiger partial charge in [-0.05, 0) is 20.8 Å². The van der Waals surface area contributed by atoms with Crippen molar-refractivity contribution in [2.45, 2.75) is 33.4 Å². The van der Waals surface area contributed by atoms with Crippen molar-refractivity contribution >= 4 is 28.7 Å². The lowest BCUT2D eigenvalue weighted by molar-refractivity contribution is 0.145. The number of thiazole rings is 2. The first kappa shape index (κ1) is 17.8. The van der Waals surface area contributed by atoms with Crippen LogP contribution in [0.2, 0.25) is 0 Å². The Bertz CT molecular complexity index is 627. The molecule has 0 aliphatic carbocycles. The summed E-state index contributed by atoms with van der Waals surface area (Å²) in [7, 11) is 1.63. The number of nitrogens with zero attached hydrogens (tertiary/aromatic N) is 3. The molecule has 0 unspecified atom stereocenters. The van der Waals surface area contributed by atoms with Crippen LogP contribution in [0, 0.1) is 13.8 Å². The number of aromatic nitrogens is 2. The minimum atomic E-state index is -0.131. The highest BCUT2D eigenvalue weighted by Gasteiger charge is 2.20. The Labute approximate surface area is 144 Å². The van der Waals surface area contributed by atoms with Crippen LogP contribution in [0.5, 0.6) is 0 Å². The van der Waals surface area contributed by atoms with E-state index in [9.17, 15) is 4.79 Å². The Balaban J connectivity index is 2.02. The maximum atomic E-state index is 12.6. The van der Waals surface area contributed by atoms with Gasteiger partial charge in [-0.2, -0.15) is 0 Å². The van der Waals surface area contributed by atoms with E-state index in [2.05, 4.69) is 15.3 Å². The van der Waals surface area contributed by atoms with Crippen LogP contribution in [0.4, 0.5) is 4.79 Å².